The molecule has 0 saturated carbocycles. The van der Waals surface area contributed by atoms with E-state index in [4.69, 9.17) is 5.73 Å². The summed E-state index contributed by atoms with van der Waals surface area (Å²) in [4.78, 5) is 39.1. The maximum Gasteiger partial charge on any atom is 0.269 e. The third kappa shape index (κ3) is 5.44. The van der Waals surface area contributed by atoms with Crippen molar-refractivity contribution < 1.29 is 9.72 Å². The number of nitro groups is 1. The van der Waals surface area contributed by atoms with Crippen LogP contribution in [0.25, 0.3) is 10.9 Å². The summed E-state index contributed by atoms with van der Waals surface area (Å²) in [6.07, 6.45) is 2.51. The van der Waals surface area contributed by atoms with Gasteiger partial charge in [-0.05, 0) is 30.5 Å². The van der Waals surface area contributed by atoms with Crippen molar-refractivity contribution in [3.8, 4) is 0 Å². The summed E-state index contributed by atoms with van der Waals surface area (Å²) in [5.41, 5.74) is 6.49. The summed E-state index contributed by atoms with van der Waals surface area (Å²) in [7, 11) is 0. The highest BCUT2D eigenvalue weighted by Gasteiger charge is 2.13. The number of primary amides is 1. The van der Waals surface area contributed by atoms with E-state index in [0.717, 1.165) is 18.4 Å². The second-order valence-electron chi connectivity index (χ2n) is 6.86. The number of fused-ring (bicyclic) bond motifs is 1. The Bertz CT molecular complexity index is 1130. The molecule has 3 rings (SSSR count). The quantitative estimate of drug-likeness (QED) is 0.174. The Hall–Kier alpha value is -3.20. The van der Waals surface area contributed by atoms with E-state index in [9.17, 15) is 19.7 Å². The van der Waals surface area contributed by atoms with Gasteiger partial charge in [0, 0.05) is 30.9 Å². The third-order valence-electron chi connectivity index (χ3n) is 4.62. The van der Waals surface area contributed by atoms with Crippen LogP contribution in [-0.4, -0.2) is 20.4 Å². The molecule has 0 aliphatic rings. The number of benzene rings is 2. The van der Waals surface area contributed by atoms with Crippen molar-refractivity contribution in [3.05, 3.63) is 74.6 Å². The van der Waals surface area contributed by atoms with E-state index in [-0.39, 0.29) is 17.2 Å². The molecule has 0 saturated heterocycles. The fourth-order valence-corrected chi connectivity index (χ4v) is 4.08. The summed E-state index contributed by atoms with van der Waals surface area (Å²) in [6, 6.07) is 13.6. The average molecular weight is 426 g/mol. The van der Waals surface area contributed by atoms with Crippen LogP contribution in [0.1, 0.15) is 31.2 Å². The second kappa shape index (κ2) is 10.0. The fourth-order valence-electron chi connectivity index (χ4n) is 3.11. The minimum Gasteiger partial charge on any atom is -0.370 e. The van der Waals surface area contributed by atoms with Crippen LogP contribution in [0.3, 0.4) is 0 Å². The van der Waals surface area contributed by atoms with Crippen LogP contribution < -0.4 is 11.3 Å². The Kier molecular flexibility index (Phi) is 7.18. The van der Waals surface area contributed by atoms with Crippen molar-refractivity contribution in [2.75, 3.05) is 0 Å². The predicted molar refractivity (Wildman–Crippen MR) is 116 cm³/mol. The minimum atomic E-state index is -0.426. The monoisotopic (exact) mass is 426 g/mol. The van der Waals surface area contributed by atoms with Crippen molar-refractivity contribution in [2.45, 2.75) is 43.1 Å². The molecule has 2 N–H and O–H groups in total. The van der Waals surface area contributed by atoms with Gasteiger partial charge >= 0.3 is 0 Å². The summed E-state index contributed by atoms with van der Waals surface area (Å²) in [5.74, 6) is 0.126. The Morgan fingerprint density at radius 1 is 1.13 bits per heavy atom. The lowest BCUT2D eigenvalue weighted by Crippen LogP contribution is -2.23. The largest absolute Gasteiger partial charge is 0.370 e. The van der Waals surface area contributed by atoms with Gasteiger partial charge in [0.05, 0.1) is 15.8 Å². The number of nitrogens with two attached hydrogens (primary N) is 1. The highest BCUT2D eigenvalue weighted by Crippen LogP contribution is 2.24. The lowest BCUT2D eigenvalue weighted by molar-refractivity contribution is -0.384. The molecule has 0 fully saturated rings. The molecule has 0 atom stereocenters. The lowest BCUT2D eigenvalue weighted by Gasteiger charge is -2.13. The van der Waals surface area contributed by atoms with Crippen LogP contribution in [-0.2, 0) is 17.1 Å². The molecule has 30 heavy (non-hydrogen) atoms. The molecule has 8 nitrogen and oxygen atoms in total. The summed E-state index contributed by atoms with van der Waals surface area (Å²) in [6.45, 7) is 0.479. The highest BCUT2D eigenvalue weighted by atomic mass is 32.2. The second-order valence-corrected chi connectivity index (χ2v) is 7.80. The first-order valence-electron chi connectivity index (χ1n) is 9.59. The third-order valence-corrected chi connectivity index (χ3v) is 5.67. The zero-order valence-corrected chi connectivity index (χ0v) is 17.1. The average Bonchev–Trinajstić information content (AvgIpc) is 2.73. The molecule has 1 heterocycles. The Morgan fingerprint density at radius 3 is 2.70 bits per heavy atom. The van der Waals surface area contributed by atoms with Crippen molar-refractivity contribution in [3.63, 3.8) is 0 Å². The van der Waals surface area contributed by atoms with Gasteiger partial charge in [-0.1, -0.05) is 42.4 Å². The lowest BCUT2D eigenvalue weighted by atomic mass is 10.2. The number of para-hydroxylation sites is 1. The minimum absolute atomic E-state index is 0.0337. The molecule has 1 amide bonds. The number of hydrogen-bond acceptors (Lipinski definition) is 6. The van der Waals surface area contributed by atoms with Gasteiger partial charge in [-0.2, -0.15) is 0 Å². The van der Waals surface area contributed by atoms with Crippen LogP contribution in [0.4, 0.5) is 5.69 Å². The number of non-ortho nitro benzene ring substituents is 1. The number of hydrogen-bond donors (Lipinski definition) is 1. The maximum atomic E-state index is 13.0. The van der Waals surface area contributed by atoms with Gasteiger partial charge in [0.15, 0.2) is 5.16 Å². The van der Waals surface area contributed by atoms with Crippen LogP contribution in [0.5, 0.6) is 0 Å². The number of carbonyl (C=O) groups is 1. The molecule has 3 aromatic rings. The first kappa shape index (κ1) is 21.5. The van der Waals surface area contributed by atoms with Gasteiger partial charge in [0.2, 0.25) is 5.91 Å². The topological polar surface area (TPSA) is 121 Å². The van der Waals surface area contributed by atoms with Crippen LogP contribution in [0.15, 0.2) is 58.5 Å². The molecule has 1 aromatic heterocycles. The predicted octanol–water partition coefficient (Wildman–Crippen LogP) is 3.64. The summed E-state index contributed by atoms with van der Waals surface area (Å²) >= 11 is 1.37. The smallest absolute Gasteiger partial charge is 0.269 e. The molecular weight excluding hydrogens is 404 g/mol. The van der Waals surface area contributed by atoms with Gasteiger partial charge < -0.3 is 5.73 Å². The van der Waals surface area contributed by atoms with Crippen molar-refractivity contribution >= 4 is 34.3 Å². The first-order chi connectivity index (χ1) is 14.5. The number of rotatable bonds is 10. The first-order valence-corrected chi connectivity index (χ1v) is 10.6. The van der Waals surface area contributed by atoms with Crippen LogP contribution >= 0.6 is 11.8 Å². The number of nitro benzene ring substituents is 1. The van der Waals surface area contributed by atoms with Crippen molar-refractivity contribution in [2.24, 2.45) is 5.73 Å². The molecule has 0 spiro atoms. The highest BCUT2D eigenvalue weighted by molar-refractivity contribution is 7.98. The Balaban J connectivity index is 1.82. The van der Waals surface area contributed by atoms with Crippen LogP contribution in [0, 0.1) is 10.1 Å². The van der Waals surface area contributed by atoms with Crippen molar-refractivity contribution in [1.82, 2.24) is 9.55 Å². The molecule has 0 aliphatic heterocycles. The number of carbonyl (C=O) groups excluding carboxylic acids is 1. The van der Waals surface area contributed by atoms with Crippen molar-refractivity contribution in [1.29, 1.82) is 0 Å². The molecule has 2 aromatic carbocycles. The van der Waals surface area contributed by atoms with E-state index in [1.807, 2.05) is 12.1 Å². The van der Waals surface area contributed by atoms with E-state index in [1.54, 1.807) is 28.8 Å². The van der Waals surface area contributed by atoms with E-state index < -0.39 is 4.92 Å². The fraction of sp³-hybridized carbons (Fsp3) is 0.286. The number of thioether (sulfide) groups is 1. The number of aromatic nitrogens is 2. The molecule has 0 aliphatic carbocycles. The molecular formula is C21H22N4O4S. The molecule has 9 heteroatoms. The number of nitrogens with zero attached hydrogens (tertiary/aromatic N) is 3. The molecule has 0 radical (unpaired) electrons. The van der Waals surface area contributed by atoms with Gasteiger partial charge in [0.25, 0.3) is 11.2 Å². The van der Waals surface area contributed by atoms with Gasteiger partial charge in [-0.15, -0.1) is 0 Å². The number of unbranched alkanes of at least 4 members (excludes halogenated alkanes) is 2. The van der Waals surface area contributed by atoms with Gasteiger partial charge in [0.1, 0.15) is 0 Å². The van der Waals surface area contributed by atoms with E-state index in [0.29, 0.717) is 41.2 Å². The summed E-state index contributed by atoms with van der Waals surface area (Å²) < 4.78 is 1.65. The van der Waals surface area contributed by atoms with E-state index in [2.05, 4.69) is 4.98 Å². The normalized spacial score (nSPS) is 10.9. The maximum absolute atomic E-state index is 13.0. The zero-order chi connectivity index (χ0) is 21.5. The van der Waals surface area contributed by atoms with E-state index >= 15 is 0 Å². The number of amides is 1. The molecule has 0 unspecified atom stereocenters. The zero-order valence-electron chi connectivity index (χ0n) is 16.3. The van der Waals surface area contributed by atoms with Crippen LogP contribution in [0.2, 0.25) is 0 Å². The molecule has 0 bridgehead atoms. The van der Waals surface area contributed by atoms with Gasteiger partial charge in [-0.25, -0.2) is 4.98 Å². The SMILES string of the molecule is NC(=O)CCCCCn1c(SCc2cccc([N+](=O)[O-])c2)nc2ccccc2c1=O. The van der Waals surface area contributed by atoms with E-state index in [1.165, 1.54) is 23.9 Å². The standard InChI is InChI=1S/C21H22N4O4S/c22-19(26)11-2-1-5-12-24-20(27)17-9-3-4-10-18(17)23-21(24)30-14-15-7-6-8-16(13-15)25(28)29/h3-4,6-10,13H,1-2,5,11-12,14H2,(H2,22,26). The Morgan fingerprint density at radius 2 is 1.93 bits per heavy atom. The summed E-state index contributed by atoms with van der Waals surface area (Å²) in [5, 5.41) is 12.1. The van der Waals surface area contributed by atoms with Gasteiger partial charge in [-0.3, -0.25) is 24.3 Å². The Labute approximate surface area is 177 Å². The molecule has 156 valence electrons.